The molecule has 0 unspecified atom stereocenters. The third-order valence-electron chi connectivity index (χ3n) is 3.35. The number of fused-ring (bicyclic) bond motifs is 1. The molecular formula is C17H16N2O5. The maximum atomic E-state index is 12.0. The van der Waals surface area contributed by atoms with Crippen molar-refractivity contribution in [2.75, 3.05) is 19.8 Å². The monoisotopic (exact) mass is 328 g/mol. The van der Waals surface area contributed by atoms with Gasteiger partial charge in [0.25, 0.3) is 5.91 Å². The van der Waals surface area contributed by atoms with E-state index >= 15 is 0 Å². The highest BCUT2D eigenvalue weighted by Gasteiger charge is 2.28. The van der Waals surface area contributed by atoms with E-state index in [9.17, 15) is 9.59 Å². The van der Waals surface area contributed by atoms with Crippen LogP contribution in [-0.4, -0.2) is 42.7 Å². The van der Waals surface area contributed by atoms with Gasteiger partial charge < -0.3 is 19.5 Å². The predicted octanol–water partition coefficient (Wildman–Crippen LogP) is 1.19. The Bertz CT molecular complexity index is 720. The lowest BCUT2D eigenvalue weighted by atomic mass is 10.2. The van der Waals surface area contributed by atoms with Gasteiger partial charge in [0.1, 0.15) is 13.2 Å². The Hall–Kier alpha value is -3.09. The second-order valence-electron chi connectivity index (χ2n) is 5.02. The van der Waals surface area contributed by atoms with Crippen molar-refractivity contribution < 1.29 is 23.8 Å². The van der Waals surface area contributed by atoms with E-state index in [0.717, 1.165) is 0 Å². The van der Waals surface area contributed by atoms with Crippen LogP contribution in [0.15, 0.2) is 48.8 Å². The predicted molar refractivity (Wildman–Crippen MR) is 83.9 cm³/mol. The first-order valence-electron chi connectivity index (χ1n) is 7.47. The maximum absolute atomic E-state index is 12.0. The molecule has 0 spiro atoms. The van der Waals surface area contributed by atoms with Crippen LogP contribution in [0.25, 0.3) is 0 Å². The van der Waals surface area contributed by atoms with E-state index in [1.54, 1.807) is 30.3 Å². The molecule has 0 aliphatic carbocycles. The average Bonchev–Trinajstić information content (AvgIpc) is 2.65. The van der Waals surface area contributed by atoms with Crippen LogP contribution in [0.4, 0.5) is 0 Å². The molecule has 3 rings (SSSR count). The number of pyridine rings is 1. The largest absolute Gasteiger partial charge is 0.485 e. The zero-order valence-electron chi connectivity index (χ0n) is 12.8. The third-order valence-corrected chi connectivity index (χ3v) is 3.35. The number of nitrogens with zero attached hydrogens (tertiary/aromatic N) is 1. The van der Waals surface area contributed by atoms with E-state index in [1.807, 2.05) is 6.07 Å². The number of esters is 1. The number of aromatic nitrogens is 1. The fourth-order valence-corrected chi connectivity index (χ4v) is 2.15. The molecular weight excluding hydrogens is 312 g/mol. The minimum atomic E-state index is -0.809. The number of carbonyl (C=O) groups excluding carboxylic acids is 2. The summed E-state index contributed by atoms with van der Waals surface area (Å²) in [5, 5.41) is 2.66. The summed E-state index contributed by atoms with van der Waals surface area (Å²) < 4.78 is 16.1. The van der Waals surface area contributed by atoms with Gasteiger partial charge in [-0.1, -0.05) is 12.1 Å². The normalized spacial score (nSPS) is 15.4. The number of nitrogens with one attached hydrogen (secondary N) is 1. The lowest BCUT2D eigenvalue weighted by Crippen LogP contribution is -2.39. The quantitative estimate of drug-likeness (QED) is 0.655. The standard InChI is InChI=1S/C17H16N2O5/c20-16(12-5-7-18-8-6-12)19-9-10-22-17(21)15-11-23-13-3-1-2-4-14(13)24-15/h1-8,15H,9-11H2,(H,19,20)/t15-/m1/s1. The first kappa shape index (κ1) is 15.8. The van der Waals surface area contributed by atoms with Gasteiger partial charge in [0.15, 0.2) is 11.5 Å². The van der Waals surface area contributed by atoms with Gasteiger partial charge in [-0.15, -0.1) is 0 Å². The van der Waals surface area contributed by atoms with Crippen LogP contribution in [0.3, 0.4) is 0 Å². The van der Waals surface area contributed by atoms with Crippen molar-refractivity contribution in [2.45, 2.75) is 6.10 Å². The zero-order chi connectivity index (χ0) is 16.8. The number of para-hydroxylation sites is 2. The first-order chi connectivity index (χ1) is 11.7. The van der Waals surface area contributed by atoms with Crippen LogP contribution in [0.2, 0.25) is 0 Å². The lowest BCUT2D eigenvalue weighted by molar-refractivity contribution is -0.154. The third kappa shape index (κ3) is 3.81. The number of rotatable bonds is 5. The molecule has 1 aromatic carbocycles. The molecule has 1 aromatic heterocycles. The Morgan fingerprint density at radius 1 is 1.17 bits per heavy atom. The molecule has 0 radical (unpaired) electrons. The van der Waals surface area contributed by atoms with Crippen LogP contribution in [-0.2, 0) is 9.53 Å². The molecule has 1 aliphatic rings. The highest BCUT2D eigenvalue weighted by atomic mass is 16.6. The van der Waals surface area contributed by atoms with Crippen molar-refractivity contribution in [1.82, 2.24) is 10.3 Å². The molecule has 0 fully saturated rings. The minimum Gasteiger partial charge on any atom is -0.485 e. The minimum absolute atomic E-state index is 0.0527. The molecule has 7 heteroatoms. The first-order valence-corrected chi connectivity index (χ1v) is 7.47. The summed E-state index contributed by atoms with van der Waals surface area (Å²) in [6.45, 7) is 0.355. The molecule has 1 aliphatic heterocycles. The topological polar surface area (TPSA) is 86.8 Å². The summed E-state index contributed by atoms with van der Waals surface area (Å²) in [4.78, 5) is 27.6. The van der Waals surface area contributed by atoms with Gasteiger partial charge in [-0.25, -0.2) is 4.79 Å². The van der Waals surface area contributed by atoms with Crippen LogP contribution in [0.1, 0.15) is 10.4 Å². The number of ether oxygens (including phenoxy) is 3. The Morgan fingerprint density at radius 2 is 1.92 bits per heavy atom. The smallest absolute Gasteiger partial charge is 0.351 e. The molecule has 0 saturated carbocycles. The second kappa shape index (κ2) is 7.45. The number of hydrogen-bond donors (Lipinski definition) is 1. The molecule has 124 valence electrons. The van der Waals surface area contributed by atoms with Gasteiger partial charge in [0.05, 0.1) is 6.54 Å². The van der Waals surface area contributed by atoms with E-state index in [0.29, 0.717) is 17.1 Å². The molecule has 1 N–H and O–H groups in total. The molecule has 1 atom stereocenters. The summed E-state index contributed by atoms with van der Waals surface area (Å²) in [6, 6.07) is 10.3. The van der Waals surface area contributed by atoms with Crippen LogP contribution in [0, 0.1) is 0 Å². The second-order valence-corrected chi connectivity index (χ2v) is 5.02. The molecule has 1 amide bonds. The van der Waals surface area contributed by atoms with Crippen molar-refractivity contribution in [3.8, 4) is 11.5 Å². The van der Waals surface area contributed by atoms with E-state index < -0.39 is 12.1 Å². The summed E-state index contributed by atoms with van der Waals surface area (Å²) in [5.74, 6) is 0.338. The molecule has 24 heavy (non-hydrogen) atoms. The van der Waals surface area contributed by atoms with Gasteiger partial charge in [-0.2, -0.15) is 0 Å². The van der Waals surface area contributed by atoms with Crippen molar-refractivity contribution in [3.63, 3.8) is 0 Å². The van der Waals surface area contributed by atoms with E-state index in [4.69, 9.17) is 14.2 Å². The maximum Gasteiger partial charge on any atom is 0.351 e. The van der Waals surface area contributed by atoms with Crippen LogP contribution in [0.5, 0.6) is 11.5 Å². The Kier molecular flexibility index (Phi) is 4.90. The molecule has 7 nitrogen and oxygen atoms in total. The number of hydrogen-bond acceptors (Lipinski definition) is 6. The fraction of sp³-hybridized carbons (Fsp3) is 0.235. The van der Waals surface area contributed by atoms with Crippen molar-refractivity contribution in [2.24, 2.45) is 0 Å². The summed E-state index contributed by atoms with van der Waals surface area (Å²) >= 11 is 0. The van der Waals surface area contributed by atoms with Crippen molar-refractivity contribution in [3.05, 3.63) is 54.4 Å². The van der Waals surface area contributed by atoms with Gasteiger partial charge in [-0.3, -0.25) is 9.78 Å². The Labute approximate surface area is 138 Å². The van der Waals surface area contributed by atoms with E-state index in [-0.39, 0.29) is 25.7 Å². The van der Waals surface area contributed by atoms with Gasteiger partial charge >= 0.3 is 5.97 Å². The highest BCUT2D eigenvalue weighted by molar-refractivity contribution is 5.93. The van der Waals surface area contributed by atoms with Crippen molar-refractivity contribution >= 4 is 11.9 Å². The van der Waals surface area contributed by atoms with Crippen LogP contribution >= 0.6 is 0 Å². The number of benzene rings is 1. The summed E-state index contributed by atoms with van der Waals surface area (Å²) in [7, 11) is 0. The SMILES string of the molecule is O=C(NCCOC(=O)[C@H]1COc2ccccc2O1)c1ccncc1. The summed E-state index contributed by atoms with van der Waals surface area (Å²) in [5.41, 5.74) is 0.497. The van der Waals surface area contributed by atoms with Gasteiger partial charge in [0.2, 0.25) is 6.10 Å². The number of carbonyl (C=O) groups is 2. The van der Waals surface area contributed by atoms with E-state index in [1.165, 1.54) is 12.4 Å². The van der Waals surface area contributed by atoms with Crippen molar-refractivity contribution in [1.29, 1.82) is 0 Å². The molecule has 0 bridgehead atoms. The van der Waals surface area contributed by atoms with E-state index in [2.05, 4.69) is 10.3 Å². The van der Waals surface area contributed by atoms with Crippen LogP contribution < -0.4 is 14.8 Å². The zero-order valence-corrected chi connectivity index (χ0v) is 12.8. The lowest BCUT2D eigenvalue weighted by Gasteiger charge is -2.24. The fourth-order valence-electron chi connectivity index (χ4n) is 2.15. The molecule has 0 saturated heterocycles. The summed E-state index contributed by atoms with van der Waals surface area (Å²) in [6.07, 6.45) is 2.26. The highest BCUT2D eigenvalue weighted by Crippen LogP contribution is 2.31. The van der Waals surface area contributed by atoms with Gasteiger partial charge in [-0.05, 0) is 24.3 Å². The Balaban J connectivity index is 1.41. The Morgan fingerprint density at radius 3 is 2.71 bits per heavy atom. The number of amides is 1. The molecule has 2 heterocycles. The molecule has 2 aromatic rings. The van der Waals surface area contributed by atoms with Gasteiger partial charge in [0, 0.05) is 18.0 Å². The average molecular weight is 328 g/mol.